The summed E-state index contributed by atoms with van der Waals surface area (Å²) >= 11 is 5.92. The van der Waals surface area contributed by atoms with Gasteiger partial charge in [0, 0.05) is 6.20 Å². The molecule has 0 spiro atoms. The van der Waals surface area contributed by atoms with E-state index in [2.05, 4.69) is 10.3 Å². The Hall–Kier alpha value is -1.91. The minimum absolute atomic E-state index is 0.301. The van der Waals surface area contributed by atoms with Gasteiger partial charge in [0.15, 0.2) is 5.82 Å². The molecule has 2 rings (SSSR count). The second-order valence-corrected chi connectivity index (χ2v) is 4.53. The molecule has 0 aliphatic carbocycles. The molecule has 1 atom stereocenters. The lowest BCUT2D eigenvalue weighted by Gasteiger charge is -2.12. The van der Waals surface area contributed by atoms with Gasteiger partial charge in [0.1, 0.15) is 0 Å². The zero-order chi connectivity index (χ0) is 13.7. The van der Waals surface area contributed by atoms with Crippen molar-refractivity contribution in [3.05, 3.63) is 59.2 Å². The molecule has 0 aliphatic heterocycles. The van der Waals surface area contributed by atoms with Crippen LogP contribution in [0.25, 0.3) is 0 Å². The van der Waals surface area contributed by atoms with Crippen molar-refractivity contribution >= 4 is 23.3 Å². The molecule has 0 radical (unpaired) electrons. The Morgan fingerprint density at radius 2 is 2.00 bits per heavy atom. The number of nitrogens with zero attached hydrogens (tertiary/aromatic N) is 1. The molecule has 1 amide bonds. The Labute approximate surface area is 116 Å². The van der Waals surface area contributed by atoms with E-state index in [1.807, 2.05) is 30.3 Å². The normalized spacial score (nSPS) is 11.9. The third-order valence-corrected chi connectivity index (χ3v) is 2.94. The van der Waals surface area contributed by atoms with E-state index in [1.54, 1.807) is 18.3 Å². The van der Waals surface area contributed by atoms with E-state index in [4.69, 9.17) is 17.3 Å². The van der Waals surface area contributed by atoms with E-state index >= 15 is 0 Å². The van der Waals surface area contributed by atoms with Crippen molar-refractivity contribution in [1.82, 2.24) is 4.98 Å². The molecule has 1 aromatic carbocycles. The highest BCUT2D eigenvalue weighted by Crippen LogP contribution is 2.17. The van der Waals surface area contributed by atoms with Crippen molar-refractivity contribution in [2.24, 2.45) is 5.73 Å². The second-order valence-electron chi connectivity index (χ2n) is 4.12. The van der Waals surface area contributed by atoms with Crippen molar-refractivity contribution in [3.63, 3.8) is 0 Å². The highest BCUT2D eigenvalue weighted by atomic mass is 35.5. The molecule has 0 fully saturated rings. The number of hydrogen-bond donors (Lipinski definition) is 2. The first kappa shape index (κ1) is 13.5. The molecule has 4 nitrogen and oxygen atoms in total. The number of anilines is 1. The van der Waals surface area contributed by atoms with Crippen LogP contribution in [0.5, 0.6) is 0 Å². The first-order chi connectivity index (χ1) is 9.16. The number of aromatic nitrogens is 1. The molecule has 5 heteroatoms. The standard InChI is InChI=1S/C14H14ClN3O/c15-11-7-4-8-17-13(11)18-14(19)12(16)9-10-5-2-1-3-6-10/h1-8,12H,9,16H2,(H,17,18,19)/t12-/m0/s1. The number of halogens is 1. The Balaban J connectivity index is 1.99. The quantitative estimate of drug-likeness (QED) is 0.899. The minimum Gasteiger partial charge on any atom is -0.320 e. The molecule has 0 bridgehead atoms. The maximum Gasteiger partial charge on any atom is 0.242 e. The molecule has 0 saturated carbocycles. The Bertz CT molecular complexity index is 560. The van der Waals surface area contributed by atoms with Crippen LogP contribution >= 0.6 is 11.6 Å². The fraction of sp³-hybridized carbons (Fsp3) is 0.143. The lowest BCUT2D eigenvalue weighted by Crippen LogP contribution is -2.37. The molecule has 0 unspecified atom stereocenters. The average molecular weight is 276 g/mol. The SMILES string of the molecule is N[C@@H](Cc1ccccc1)C(=O)Nc1ncccc1Cl. The molecule has 2 aromatic rings. The van der Waals surface area contributed by atoms with Gasteiger partial charge >= 0.3 is 0 Å². The number of carbonyl (C=O) groups excluding carboxylic acids is 1. The number of benzene rings is 1. The summed E-state index contributed by atoms with van der Waals surface area (Å²) in [5.41, 5.74) is 6.88. The van der Waals surface area contributed by atoms with Crippen LogP contribution in [0.3, 0.4) is 0 Å². The zero-order valence-electron chi connectivity index (χ0n) is 10.2. The van der Waals surface area contributed by atoms with Gasteiger partial charge < -0.3 is 11.1 Å². The lowest BCUT2D eigenvalue weighted by molar-refractivity contribution is -0.117. The van der Waals surface area contributed by atoms with Gasteiger partial charge in [-0.25, -0.2) is 4.98 Å². The second kappa shape index (κ2) is 6.31. The van der Waals surface area contributed by atoms with Crippen LogP contribution in [0.1, 0.15) is 5.56 Å². The number of nitrogens with two attached hydrogens (primary N) is 1. The van der Waals surface area contributed by atoms with Crippen LogP contribution in [0.4, 0.5) is 5.82 Å². The maximum atomic E-state index is 11.9. The van der Waals surface area contributed by atoms with Gasteiger partial charge in [0.2, 0.25) is 5.91 Å². The Morgan fingerprint density at radius 1 is 1.26 bits per heavy atom. The molecule has 1 aromatic heterocycles. The molecule has 98 valence electrons. The summed E-state index contributed by atoms with van der Waals surface area (Å²) in [5.74, 6) is 0.0298. The smallest absolute Gasteiger partial charge is 0.242 e. The summed E-state index contributed by atoms with van der Waals surface area (Å²) in [5, 5.41) is 3.01. The molecule has 19 heavy (non-hydrogen) atoms. The van der Waals surface area contributed by atoms with Crippen molar-refractivity contribution in [1.29, 1.82) is 0 Å². The van der Waals surface area contributed by atoms with Gasteiger partial charge in [-0.1, -0.05) is 41.9 Å². The molecule has 1 heterocycles. The van der Waals surface area contributed by atoms with Gasteiger partial charge in [-0.2, -0.15) is 0 Å². The number of rotatable bonds is 4. The fourth-order valence-electron chi connectivity index (χ4n) is 1.65. The number of hydrogen-bond acceptors (Lipinski definition) is 3. The molecular formula is C14H14ClN3O. The van der Waals surface area contributed by atoms with Crippen LogP contribution in [0.2, 0.25) is 5.02 Å². The van der Waals surface area contributed by atoms with E-state index in [0.29, 0.717) is 17.3 Å². The fourth-order valence-corrected chi connectivity index (χ4v) is 1.82. The number of pyridine rings is 1. The Morgan fingerprint density at radius 3 is 2.68 bits per heavy atom. The summed E-state index contributed by atoms with van der Waals surface area (Å²) in [6.45, 7) is 0. The summed E-state index contributed by atoms with van der Waals surface area (Å²) in [6.07, 6.45) is 2.03. The van der Waals surface area contributed by atoms with Crippen LogP contribution in [-0.4, -0.2) is 16.9 Å². The number of nitrogens with one attached hydrogen (secondary N) is 1. The van der Waals surface area contributed by atoms with Crippen molar-refractivity contribution in [2.45, 2.75) is 12.5 Å². The molecule has 3 N–H and O–H groups in total. The summed E-state index contributed by atoms with van der Waals surface area (Å²) in [6, 6.07) is 12.3. The van der Waals surface area contributed by atoms with Gasteiger partial charge in [-0.05, 0) is 24.1 Å². The van der Waals surface area contributed by atoms with E-state index < -0.39 is 6.04 Å². The third kappa shape index (κ3) is 3.77. The minimum atomic E-state index is -0.638. The van der Waals surface area contributed by atoms with Crippen molar-refractivity contribution in [2.75, 3.05) is 5.32 Å². The summed E-state index contributed by atoms with van der Waals surface area (Å²) in [4.78, 5) is 15.9. The van der Waals surface area contributed by atoms with Crippen LogP contribution in [-0.2, 0) is 11.2 Å². The first-order valence-corrected chi connectivity index (χ1v) is 6.25. The van der Waals surface area contributed by atoms with E-state index in [1.165, 1.54) is 0 Å². The van der Waals surface area contributed by atoms with Crippen molar-refractivity contribution < 1.29 is 4.79 Å². The highest BCUT2D eigenvalue weighted by molar-refractivity contribution is 6.33. The average Bonchev–Trinajstić information content (AvgIpc) is 2.42. The third-order valence-electron chi connectivity index (χ3n) is 2.64. The van der Waals surface area contributed by atoms with E-state index in [-0.39, 0.29) is 5.91 Å². The van der Waals surface area contributed by atoms with Crippen molar-refractivity contribution in [3.8, 4) is 0 Å². The first-order valence-electron chi connectivity index (χ1n) is 5.87. The van der Waals surface area contributed by atoms with E-state index in [9.17, 15) is 4.79 Å². The van der Waals surface area contributed by atoms with Gasteiger partial charge in [0.05, 0.1) is 11.1 Å². The monoisotopic (exact) mass is 275 g/mol. The summed E-state index contributed by atoms with van der Waals surface area (Å²) in [7, 11) is 0. The zero-order valence-corrected chi connectivity index (χ0v) is 11.0. The van der Waals surface area contributed by atoms with Crippen LogP contribution in [0, 0.1) is 0 Å². The van der Waals surface area contributed by atoms with Crippen LogP contribution < -0.4 is 11.1 Å². The number of amides is 1. The summed E-state index contributed by atoms with van der Waals surface area (Å²) < 4.78 is 0. The van der Waals surface area contributed by atoms with E-state index in [0.717, 1.165) is 5.56 Å². The molecule has 0 aliphatic rings. The molecule has 0 saturated heterocycles. The van der Waals surface area contributed by atoms with Gasteiger partial charge in [-0.15, -0.1) is 0 Å². The predicted molar refractivity (Wildman–Crippen MR) is 76.0 cm³/mol. The Kier molecular flexibility index (Phi) is 4.49. The topological polar surface area (TPSA) is 68.0 Å². The lowest BCUT2D eigenvalue weighted by atomic mass is 10.1. The largest absolute Gasteiger partial charge is 0.320 e. The number of carbonyl (C=O) groups is 1. The highest BCUT2D eigenvalue weighted by Gasteiger charge is 2.15. The van der Waals surface area contributed by atoms with Crippen LogP contribution in [0.15, 0.2) is 48.7 Å². The maximum absolute atomic E-state index is 11.9. The molecular weight excluding hydrogens is 262 g/mol. The predicted octanol–water partition coefficient (Wildman–Crippen LogP) is 2.24. The van der Waals surface area contributed by atoms with Gasteiger partial charge in [-0.3, -0.25) is 4.79 Å². The van der Waals surface area contributed by atoms with Gasteiger partial charge in [0.25, 0.3) is 0 Å².